The maximum atomic E-state index is 7.33. The molecule has 0 bridgehead atoms. The zero-order valence-electron chi connectivity index (χ0n) is 2.79. The van der Waals surface area contributed by atoms with Gasteiger partial charge in [0.2, 0.25) is 0 Å². The van der Waals surface area contributed by atoms with Gasteiger partial charge in [0.25, 0.3) is 0 Å². The normalized spacial score (nSPS) is 7.50. The molecule has 0 radical (unpaired) electrons. The molecule has 0 atom stereocenters. The van der Waals surface area contributed by atoms with Gasteiger partial charge in [-0.05, 0) is 0 Å². The molecule has 0 rings (SSSR count). The molecule has 0 aliphatic carbocycles. The molecule has 48 valence electrons. The third-order valence-electron chi connectivity index (χ3n) is 0. The predicted octanol–water partition coefficient (Wildman–Crippen LogP) is -5.27. The van der Waals surface area contributed by atoms with Gasteiger partial charge in [-0.25, -0.2) is 0 Å². The van der Waals surface area contributed by atoms with Crippen LogP contribution in [0.3, 0.4) is 0 Å². The van der Waals surface area contributed by atoms with Crippen LogP contribution in [0.2, 0.25) is 0 Å². The van der Waals surface area contributed by atoms with Crippen LogP contribution in [-0.4, -0.2) is 80.6 Å². The number of hydrogen-bond acceptors (Lipinski definition) is 4. The zero-order chi connectivity index (χ0) is 4.50. The molecular formula is H10AlNaO5Si. The van der Waals surface area contributed by atoms with Gasteiger partial charge in [0.15, 0.2) is 17.4 Å². The van der Waals surface area contributed by atoms with Crippen molar-refractivity contribution >= 4 is 56.0 Å². The Morgan fingerprint density at radius 3 is 0.875 bits per heavy atom. The third-order valence-corrected chi connectivity index (χ3v) is 0. The van der Waals surface area contributed by atoms with Crippen molar-refractivity contribution in [1.29, 1.82) is 0 Å². The van der Waals surface area contributed by atoms with Crippen molar-refractivity contribution in [2.45, 2.75) is 0 Å². The Labute approximate surface area is 80.2 Å². The fourth-order valence-electron chi connectivity index (χ4n) is 0. The molecule has 0 saturated carbocycles. The molecule has 6 N–H and O–H groups in total. The van der Waals surface area contributed by atoms with Crippen molar-refractivity contribution in [3.63, 3.8) is 0 Å². The van der Waals surface area contributed by atoms with Gasteiger partial charge >= 0.3 is 38.6 Å². The SMILES string of the molecule is O.O[Si](O)(O)O.[AlH3].[NaH]. The van der Waals surface area contributed by atoms with Crippen LogP contribution in [0.1, 0.15) is 0 Å². The Balaban J connectivity index is -0.0000000267. The first kappa shape index (κ1) is 22.7. The van der Waals surface area contributed by atoms with Gasteiger partial charge in [0, 0.05) is 0 Å². The second kappa shape index (κ2) is 8.55. The van der Waals surface area contributed by atoms with Gasteiger partial charge in [0.05, 0.1) is 0 Å². The molecule has 0 aliphatic rings. The van der Waals surface area contributed by atoms with Gasteiger partial charge in [-0.15, -0.1) is 0 Å². The minimum absolute atomic E-state index is 0. The van der Waals surface area contributed by atoms with Crippen LogP contribution < -0.4 is 0 Å². The second-order valence-electron chi connectivity index (χ2n) is 0.600. The van der Waals surface area contributed by atoms with Crippen molar-refractivity contribution < 1.29 is 24.7 Å². The van der Waals surface area contributed by atoms with E-state index in [1.165, 1.54) is 0 Å². The molecule has 0 aliphatic heterocycles. The molecule has 0 amide bonds. The molecule has 0 spiro atoms. The van der Waals surface area contributed by atoms with E-state index >= 15 is 0 Å². The predicted molar refractivity (Wildman–Crippen MR) is 35.3 cm³/mol. The van der Waals surface area contributed by atoms with E-state index in [1.54, 1.807) is 0 Å². The van der Waals surface area contributed by atoms with Gasteiger partial charge in [-0.3, -0.25) is 0 Å². The Morgan fingerprint density at radius 1 is 0.875 bits per heavy atom. The average Bonchev–Trinajstić information content (AvgIpc) is 0.722. The zero-order valence-corrected chi connectivity index (χ0v) is 3.79. The first-order valence-electron chi connectivity index (χ1n) is 0.894. The maximum absolute atomic E-state index is 7.33. The first-order chi connectivity index (χ1) is 2.00. The number of rotatable bonds is 0. The van der Waals surface area contributed by atoms with Gasteiger partial charge in [-0.2, -0.15) is 0 Å². The summed E-state index contributed by atoms with van der Waals surface area (Å²) in [6, 6.07) is 0. The summed E-state index contributed by atoms with van der Waals surface area (Å²) in [6.07, 6.45) is 0. The molecular weight excluding hydrogens is 158 g/mol. The van der Waals surface area contributed by atoms with Crippen molar-refractivity contribution in [2.75, 3.05) is 0 Å². The van der Waals surface area contributed by atoms with E-state index in [-0.39, 0.29) is 52.4 Å². The Hall–Kier alpha value is 1.55. The van der Waals surface area contributed by atoms with Gasteiger partial charge in [-0.1, -0.05) is 0 Å². The summed E-state index contributed by atoms with van der Waals surface area (Å²) >= 11 is 0. The second-order valence-corrected chi connectivity index (χ2v) is 1.80. The van der Waals surface area contributed by atoms with Gasteiger partial charge < -0.3 is 24.7 Å². The van der Waals surface area contributed by atoms with E-state index < -0.39 is 9.05 Å². The Bertz CT molecular complexity index is 27.9. The molecule has 0 aromatic heterocycles. The summed E-state index contributed by atoms with van der Waals surface area (Å²) in [5, 5.41) is 0. The van der Waals surface area contributed by atoms with Crippen LogP contribution in [0, 0.1) is 0 Å². The summed E-state index contributed by atoms with van der Waals surface area (Å²) in [5.41, 5.74) is 0. The number of hydrogen-bond donors (Lipinski definition) is 4. The molecule has 8 heavy (non-hydrogen) atoms. The fraction of sp³-hybridized carbons (Fsp3) is 0. The molecule has 0 heterocycles. The summed E-state index contributed by atoms with van der Waals surface area (Å²) in [6.45, 7) is 0. The standard InChI is InChI=1S/Al.Na.H4O4Si.H2O.4H/c;;1-5(2,3)4;;;;;/h;;1-4H;1H2;;;;. The van der Waals surface area contributed by atoms with Crippen molar-refractivity contribution in [2.24, 2.45) is 0 Å². The molecule has 8 heteroatoms. The Kier molecular flexibility index (Phi) is 24.2. The fourth-order valence-corrected chi connectivity index (χ4v) is 0. The third kappa shape index (κ3) is 135. The van der Waals surface area contributed by atoms with E-state index in [1.807, 2.05) is 0 Å². The molecule has 0 aromatic rings. The van der Waals surface area contributed by atoms with E-state index in [4.69, 9.17) is 19.2 Å². The van der Waals surface area contributed by atoms with Crippen LogP contribution in [0.5, 0.6) is 0 Å². The van der Waals surface area contributed by atoms with Crippen molar-refractivity contribution in [3.8, 4) is 0 Å². The average molecular weight is 168 g/mol. The molecule has 0 aromatic carbocycles. The summed E-state index contributed by atoms with van der Waals surface area (Å²) in [7, 11) is -4.61. The summed E-state index contributed by atoms with van der Waals surface area (Å²) in [4.78, 5) is 29.3. The summed E-state index contributed by atoms with van der Waals surface area (Å²) in [5.74, 6) is 0. The molecule has 0 saturated heterocycles. The van der Waals surface area contributed by atoms with Crippen molar-refractivity contribution in [3.05, 3.63) is 0 Å². The van der Waals surface area contributed by atoms with Crippen LogP contribution in [-0.2, 0) is 0 Å². The van der Waals surface area contributed by atoms with Gasteiger partial charge in [0.1, 0.15) is 0 Å². The van der Waals surface area contributed by atoms with Crippen molar-refractivity contribution in [1.82, 2.24) is 0 Å². The van der Waals surface area contributed by atoms with E-state index in [2.05, 4.69) is 0 Å². The van der Waals surface area contributed by atoms with E-state index in [9.17, 15) is 0 Å². The van der Waals surface area contributed by atoms with E-state index in [0.717, 1.165) is 0 Å². The summed E-state index contributed by atoms with van der Waals surface area (Å²) < 4.78 is 0. The van der Waals surface area contributed by atoms with E-state index in [0.29, 0.717) is 0 Å². The Morgan fingerprint density at radius 2 is 0.875 bits per heavy atom. The monoisotopic (exact) mass is 168 g/mol. The molecule has 0 fully saturated rings. The quantitative estimate of drug-likeness (QED) is 0.271. The van der Waals surface area contributed by atoms with Crippen LogP contribution in [0.25, 0.3) is 0 Å². The molecule has 5 nitrogen and oxygen atoms in total. The van der Waals surface area contributed by atoms with Crippen LogP contribution in [0.15, 0.2) is 0 Å². The first-order valence-corrected chi connectivity index (χ1v) is 2.68. The van der Waals surface area contributed by atoms with Crippen LogP contribution in [0.4, 0.5) is 0 Å². The minimum atomic E-state index is -4.61. The topological polar surface area (TPSA) is 112 Å². The van der Waals surface area contributed by atoms with Crippen LogP contribution >= 0.6 is 0 Å². The molecule has 0 unspecified atom stereocenters.